The zero-order valence-electron chi connectivity index (χ0n) is 10.6. The number of amides is 1. The molecule has 17 heavy (non-hydrogen) atoms. The van der Waals surface area contributed by atoms with Crippen LogP contribution in [0.25, 0.3) is 0 Å². The number of ether oxygens (including phenoxy) is 2. The largest absolute Gasteiger partial charge is 0.467 e. The molecule has 1 fully saturated rings. The van der Waals surface area contributed by atoms with Gasteiger partial charge in [-0.1, -0.05) is 13.3 Å². The van der Waals surface area contributed by atoms with E-state index in [2.05, 4.69) is 0 Å². The molecule has 98 valence electrons. The molecule has 1 saturated heterocycles. The summed E-state index contributed by atoms with van der Waals surface area (Å²) in [6.07, 6.45) is 3.95. The van der Waals surface area contributed by atoms with Crippen molar-refractivity contribution in [3.8, 4) is 0 Å². The van der Waals surface area contributed by atoms with Crippen LogP contribution in [0.5, 0.6) is 0 Å². The first-order valence-electron chi connectivity index (χ1n) is 6.22. The number of carbonyl (C=O) groups excluding carboxylic acids is 2. The average molecular weight is 243 g/mol. The zero-order valence-corrected chi connectivity index (χ0v) is 10.6. The van der Waals surface area contributed by atoms with E-state index in [-0.39, 0.29) is 5.97 Å². The van der Waals surface area contributed by atoms with Crippen LogP contribution in [0, 0.1) is 0 Å². The molecule has 5 nitrogen and oxygen atoms in total. The first-order chi connectivity index (χ1) is 8.20. The van der Waals surface area contributed by atoms with Crippen molar-refractivity contribution in [1.82, 2.24) is 4.90 Å². The van der Waals surface area contributed by atoms with Crippen molar-refractivity contribution in [3.05, 3.63) is 0 Å². The van der Waals surface area contributed by atoms with Gasteiger partial charge in [0.1, 0.15) is 6.04 Å². The first-order valence-corrected chi connectivity index (χ1v) is 6.22. The van der Waals surface area contributed by atoms with Crippen LogP contribution in [-0.2, 0) is 14.3 Å². The molecule has 0 aromatic carbocycles. The molecule has 1 unspecified atom stereocenters. The normalized spacial score (nSPS) is 19.9. The van der Waals surface area contributed by atoms with Crippen molar-refractivity contribution in [2.45, 2.75) is 45.1 Å². The Bertz CT molecular complexity index is 267. The molecule has 1 rings (SSSR count). The average Bonchev–Trinajstić information content (AvgIpc) is 2.38. The van der Waals surface area contributed by atoms with E-state index >= 15 is 0 Å². The van der Waals surface area contributed by atoms with Crippen molar-refractivity contribution in [1.29, 1.82) is 0 Å². The number of likely N-dealkylation sites (tertiary alicyclic amines) is 1. The van der Waals surface area contributed by atoms with E-state index in [0.717, 1.165) is 25.7 Å². The van der Waals surface area contributed by atoms with E-state index in [1.54, 1.807) is 0 Å². The van der Waals surface area contributed by atoms with Crippen LogP contribution in [0.3, 0.4) is 0 Å². The predicted molar refractivity (Wildman–Crippen MR) is 62.6 cm³/mol. The summed E-state index contributed by atoms with van der Waals surface area (Å²) < 4.78 is 9.83. The standard InChI is InChI=1S/C12H21NO4/c1-3-4-9-17-12(15)13-8-6-5-7-10(13)11(14)16-2/h10H,3-9H2,1-2H3. The van der Waals surface area contributed by atoms with Crippen LogP contribution in [0.2, 0.25) is 0 Å². The van der Waals surface area contributed by atoms with Crippen molar-refractivity contribution < 1.29 is 19.1 Å². The summed E-state index contributed by atoms with van der Waals surface area (Å²) in [6.45, 7) is 3.02. The number of methoxy groups -OCH3 is 1. The van der Waals surface area contributed by atoms with Gasteiger partial charge in [0.05, 0.1) is 13.7 Å². The lowest BCUT2D eigenvalue weighted by Gasteiger charge is -2.32. The molecule has 5 heteroatoms. The third-order valence-electron chi connectivity index (χ3n) is 2.93. The van der Waals surface area contributed by atoms with E-state index in [4.69, 9.17) is 9.47 Å². The van der Waals surface area contributed by atoms with Crippen LogP contribution >= 0.6 is 0 Å². The Hall–Kier alpha value is -1.26. The van der Waals surface area contributed by atoms with Gasteiger partial charge in [0.2, 0.25) is 0 Å². The molecule has 1 aliphatic heterocycles. The van der Waals surface area contributed by atoms with Crippen LogP contribution < -0.4 is 0 Å². The monoisotopic (exact) mass is 243 g/mol. The molecule has 1 atom stereocenters. The predicted octanol–water partition coefficient (Wildman–Crippen LogP) is 1.95. The number of rotatable bonds is 4. The molecule has 1 heterocycles. The van der Waals surface area contributed by atoms with Crippen LogP contribution in [0.4, 0.5) is 4.79 Å². The fourth-order valence-corrected chi connectivity index (χ4v) is 1.92. The molecule has 0 saturated carbocycles. The zero-order chi connectivity index (χ0) is 12.7. The van der Waals surface area contributed by atoms with Crippen molar-refractivity contribution >= 4 is 12.1 Å². The third-order valence-corrected chi connectivity index (χ3v) is 2.93. The number of hydrogen-bond acceptors (Lipinski definition) is 4. The van der Waals surface area contributed by atoms with Gasteiger partial charge in [-0.15, -0.1) is 0 Å². The quantitative estimate of drug-likeness (QED) is 0.559. The van der Waals surface area contributed by atoms with E-state index in [1.165, 1.54) is 12.0 Å². The highest BCUT2D eigenvalue weighted by Gasteiger charge is 2.33. The minimum atomic E-state index is -0.470. The van der Waals surface area contributed by atoms with Gasteiger partial charge in [0.15, 0.2) is 0 Å². The minimum absolute atomic E-state index is 0.350. The maximum Gasteiger partial charge on any atom is 0.410 e. The number of unbranched alkanes of at least 4 members (excludes halogenated alkanes) is 1. The van der Waals surface area contributed by atoms with Crippen LogP contribution in [0.1, 0.15) is 39.0 Å². The van der Waals surface area contributed by atoms with E-state index in [1.807, 2.05) is 6.92 Å². The Morgan fingerprint density at radius 1 is 1.35 bits per heavy atom. The first kappa shape index (κ1) is 13.8. The van der Waals surface area contributed by atoms with Gasteiger partial charge in [-0.05, 0) is 25.7 Å². The van der Waals surface area contributed by atoms with Crippen LogP contribution in [-0.4, -0.2) is 43.3 Å². The van der Waals surface area contributed by atoms with Gasteiger partial charge in [0.25, 0.3) is 0 Å². The summed E-state index contributed by atoms with van der Waals surface area (Å²) >= 11 is 0. The van der Waals surface area contributed by atoms with Gasteiger partial charge in [0, 0.05) is 6.54 Å². The van der Waals surface area contributed by atoms with E-state index < -0.39 is 12.1 Å². The second kappa shape index (κ2) is 7.14. The van der Waals surface area contributed by atoms with E-state index in [0.29, 0.717) is 19.6 Å². The SMILES string of the molecule is CCCCOC(=O)N1CCCCC1C(=O)OC. The molecule has 0 aromatic rings. The molecule has 1 aliphatic rings. The number of piperidine rings is 1. The lowest BCUT2D eigenvalue weighted by Crippen LogP contribution is -2.48. The molecular formula is C12H21NO4. The van der Waals surface area contributed by atoms with Gasteiger partial charge >= 0.3 is 12.1 Å². The van der Waals surface area contributed by atoms with E-state index in [9.17, 15) is 9.59 Å². The van der Waals surface area contributed by atoms with Crippen molar-refractivity contribution in [2.24, 2.45) is 0 Å². The third kappa shape index (κ3) is 3.91. The number of esters is 1. The smallest absolute Gasteiger partial charge is 0.410 e. The highest BCUT2D eigenvalue weighted by atomic mass is 16.6. The maximum absolute atomic E-state index is 11.8. The highest BCUT2D eigenvalue weighted by Crippen LogP contribution is 2.19. The number of hydrogen-bond donors (Lipinski definition) is 0. The minimum Gasteiger partial charge on any atom is -0.467 e. The molecule has 0 bridgehead atoms. The Labute approximate surface area is 102 Å². The highest BCUT2D eigenvalue weighted by molar-refractivity contribution is 5.81. The van der Waals surface area contributed by atoms with Crippen molar-refractivity contribution in [2.75, 3.05) is 20.3 Å². The van der Waals surface area contributed by atoms with Gasteiger partial charge in [-0.2, -0.15) is 0 Å². The lowest BCUT2D eigenvalue weighted by atomic mass is 10.0. The Morgan fingerprint density at radius 2 is 2.12 bits per heavy atom. The van der Waals surface area contributed by atoms with Gasteiger partial charge in [-0.3, -0.25) is 4.90 Å². The molecule has 0 aromatic heterocycles. The Kier molecular flexibility index (Phi) is 5.80. The summed E-state index contributed by atoms with van der Waals surface area (Å²) in [5.41, 5.74) is 0. The molecule has 1 amide bonds. The van der Waals surface area contributed by atoms with Crippen molar-refractivity contribution in [3.63, 3.8) is 0 Å². The molecule has 0 aliphatic carbocycles. The Morgan fingerprint density at radius 3 is 2.76 bits per heavy atom. The Balaban J connectivity index is 2.52. The molecule has 0 radical (unpaired) electrons. The second-order valence-electron chi connectivity index (χ2n) is 4.20. The molecule has 0 N–H and O–H groups in total. The summed E-state index contributed by atoms with van der Waals surface area (Å²) in [7, 11) is 1.34. The maximum atomic E-state index is 11.8. The summed E-state index contributed by atoms with van der Waals surface area (Å²) in [5.74, 6) is -0.350. The summed E-state index contributed by atoms with van der Waals surface area (Å²) in [5, 5.41) is 0. The molecule has 0 spiro atoms. The fourth-order valence-electron chi connectivity index (χ4n) is 1.92. The summed E-state index contributed by atoms with van der Waals surface area (Å²) in [4.78, 5) is 24.8. The summed E-state index contributed by atoms with van der Waals surface area (Å²) in [6, 6.07) is -0.470. The topological polar surface area (TPSA) is 55.8 Å². The lowest BCUT2D eigenvalue weighted by molar-refractivity contribution is -0.147. The van der Waals surface area contributed by atoms with Gasteiger partial charge in [-0.25, -0.2) is 9.59 Å². The number of nitrogens with zero attached hydrogens (tertiary/aromatic N) is 1. The number of carbonyl (C=O) groups is 2. The fraction of sp³-hybridized carbons (Fsp3) is 0.833. The molecular weight excluding hydrogens is 222 g/mol. The second-order valence-corrected chi connectivity index (χ2v) is 4.20. The van der Waals surface area contributed by atoms with Crippen LogP contribution in [0.15, 0.2) is 0 Å². The van der Waals surface area contributed by atoms with Gasteiger partial charge < -0.3 is 9.47 Å².